The van der Waals surface area contributed by atoms with Crippen LogP contribution in [0.3, 0.4) is 0 Å². The molecule has 0 radical (unpaired) electrons. The highest BCUT2D eigenvalue weighted by molar-refractivity contribution is 4.71. The standard InChI is InChI=1S/C9H22N2O/c1-7(10)5-6-9(3,4)12-8(2)11/h7-8H,5-6,10-11H2,1-4H3. The predicted octanol–water partition coefficient (Wildman–Crippen LogP) is 1.21. The minimum Gasteiger partial charge on any atom is -0.358 e. The molecule has 4 N–H and O–H groups in total. The molecule has 0 spiro atoms. The maximum absolute atomic E-state index is 5.64. The Morgan fingerprint density at radius 1 is 1.25 bits per heavy atom. The van der Waals surface area contributed by atoms with E-state index >= 15 is 0 Å². The quantitative estimate of drug-likeness (QED) is 0.616. The van der Waals surface area contributed by atoms with Crippen molar-refractivity contribution in [1.29, 1.82) is 0 Å². The molecule has 3 nitrogen and oxygen atoms in total. The lowest BCUT2D eigenvalue weighted by Gasteiger charge is -2.28. The van der Waals surface area contributed by atoms with Gasteiger partial charge in [-0.2, -0.15) is 0 Å². The monoisotopic (exact) mass is 174 g/mol. The summed E-state index contributed by atoms with van der Waals surface area (Å²) in [5.41, 5.74) is 11.0. The van der Waals surface area contributed by atoms with Crippen molar-refractivity contribution in [2.75, 3.05) is 0 Å². The molecule has 0 saturated heterocycles. The summed E-state index contributed by atoms with van der Waals surface area (Å²) in [4.78, 5) is 0. The van der Waals surface area contributed by atoms with E-state index in [1.165, 1.54) is 0 Å². The van der Waals surface area contributed by atoms with Gasteiger partial charge in [-0.1, -0.05) is 0 Å². The molecule has 0 aromatic heterocycles. The zero-order valence-electron chi connectivity index (χ0n) is 8.63. The van der Waals surface area contributed by atoms with Gasteiger partial charge in [-0.3, -0.25) is 0 Å². The minimum absolute atomic E-state index is 0.151. The lowest BCUT2D eigenvalue weighted by atomic mass is 10.00. The van der Waals surface area contributed by atoms with E-state index in [1.807, 2.05) is 27.7 Å². The van der Waals surface area contributed by atoms with E-state index in [2.05, 4.69) is 0 Å². The first-order valence-electron chi connectivity index (χ1n) is 4.52. The number of ether oxygens (including phenoxy) is 1. The second kappa shape index (κ2) is 4.80. The van der Waals surface area contributed by atoms with E-state index in [9.17, 15) is 0 Å². The Kier molecular flexibility index (Phi) is 4.75. The van der Waals surface area contributed by atoms with Crippen LogP contribution in [0.1, 0.15) is 40.5 Å². The van der Waals surface area contributed by atoms with Crippen molar-refractivity contribution in [2.24, 2.45) is 11.5 Å². The van der Waals surface area contributed by atoms with Gasteiger partial charge in [-0.15, -0.1) is 0 Å². The summed E-state index contributed by atoms with van der Waals surface area (Å²) in [5.74, 6) is 0. The molecule has 0 amide bonds. The van der Waals surface area contributed by atoms with E-state index in [-0.39, 0.29) is 17.9 Å². The van der Waals surface area contributed by atoms with Gasteiger partial charge in [-0.05, 0) is 40.5 Å². The molecule has 0 heterocycles. The minimum atomic E-state index is -0.201. The number of hydrogen-bond donors (Lipinski definition) is 2. The van der Waals surface area contributed by atoms with Gasteiger partial charge < -0.3 is 16.2 Å². The van der Waals surface area contributed by atoms with Gasteiger partial charge in [0.2, 0.25) is 0 Å². The summed E-state index contributed by atoms with van der Waals surface area (Å²) >= 11 is 0. The Bertz CT molecular complexity index is 122. The van der Waals surface area contributed by atoms with Crippen LogP contribution in [-0.4, -0.2) is 17.9 Å². The van der Waals surface area contributed by atoms with Crippen molar-refractivity contribution in [2.45, 2.75) is 58.4 Å². The molecule has 0 aliphatic rings. The van der Waals surface area contributed by atoms with Gasteiger partial charge in [0.25, 0.3) is 0 Å². The van der Waals surface area contributed by atoms with Gasteiger partial charge in [0.1, 0.15) is 6.23 Å². The maximum atomic E-state index is 5.64. The van der Waals surface area contributed by atoms with E-state index in [1.54, 1.807) is 0 Å². The van der Waals surface area contributed by atoms with E-state index < -0.39 is 0 Å². The highest BCUT2D eigenvalue weighted by Gasteiger charge is 2.20. The average molecular weight is 174 g/mol. The molecule has 2 atom stereocenters. The van der Waals surface area contributed by atoms with Crippen LogP contribution < -0.4 is 11.5 Å². The third-order valence-corrected chi connectivity index (χ3v) is 1.71. The first kappa shape index (κ1) is 11.9. The molecular weight excluding hydrogens is 152 g/mol. The Morgan fingerprint density at radius 2 is 1.75 bits per heavy atom. The van der Waals surface area contributed by atoms with Crippen LogP contribution in [0.5, 0.6) is 0 Å². The molecule has 0 bridgehead atoms. The second-order valence-corrected chi connectivity index (χ2v) is 4.10. The fourth-order valence-corrected chi connectivity index (χ4v) is 1.14. The summed E-state index contributed by atoms with van der Waals surface area (Å²) < 4.78 is 5.51. The Morgan fingerprint density at radius 3 is 2.08 bits per heavy atom. The third-order valence-electron chi connectivity index (χ3n) is 1.71. The van der Waals surface area contributed by atoms with Crippen molar-refractivity contribution in [3.63, 3.8) is 0 Å². The lowest BCUT2D eigenvalue weighted by molar-refractivity contribution is -0.0668. The van der Waals surface area contributed by atoms with Crippen LogP contribution in [0.4, 0.5) is 0 Å². The molecule has 3 heteroatoms. The van der Waals surface area contributed by atoms with Crippen molar-refractivity contribution in [3.8, 4) is 0 Å². The number of rotatable bonds is 5. The summed E-state index contributed by atoms with van der Waals surface area (Å²) in [6.45, 7) is 7.92. The van der Waals surface area contributed by atoms with Gasteiger partial charge >= 0.3 is 0 Å². The molecule has 0 aromatic rings. The summed E-state index contributed by atoms with van der Waals surface area (Å²) in [6.07, 6.45) is 1.72. The summed E-state index contributed by atoms with van der Waals surface area (Å²) in [5, 5.41) is 0. The van der Waals surface area contributed by atoms with Crippen LogP contribution in [0.25, 0.3) is 0 Å². The molecule has 0 aliphatic carbocycles. The van der Waals surface area contributed by atoms with Crippen LogP contribution in [0.2, 0.25) is 0 Å². The molecule has 0 fully saturated rings. The Labute approximate surface area is 75.5 Å². The van der Waals surface area contributed by atoms with Crippen LogP contribution in [0, 0.1) is 0 Å². The molecule has 2 unspecified atom stereocenters. The summed E-state index contributed by atoms with van der Waals surface area (Å²) in [6, 6.07) is 0.237. The zero-order valence-corrected chi connectivity index (χ0v) is 8.63. The molecule has 74 valence electrons. The van der Waals surface area contributed by atoms with E-state index in [0.29, 0.717) is 0 Å². The van der Waals surface area contributed by atoms with E-state index in [0.717, 1.165) is 12.8 Å². The van der Waals surface area contributed by atoms with Crippen LogP contribution in [0.15, 0.2) is 0 Å². The fraction of sp³-hybridized carbons (Fsp3) is 1.00. The first-order valence-corrected chi connectivity index (χ1v) is 4.52. The Balaban J connectivity index is 3.71. The van der Waals surface area contributed by atoms with Gasteiger partial charge in [-0.25, -0.2) is 0 Å². The molecule has 0 aliphatic heterocycles. The van der Waals surface area contributed by atoms with Gasteiger partial charge in [0, 0.05) is 6.04 Å². The predicted molar refractivity (Wildman–Crippen MR) is 51.7 cm³/mol. The SMILES string of the molecule is CC(N)CCC(C)(C)OC(C)N. The van der Waals surface area contributed by atoms with Crippen LogP contribution in [-0.2, 0) is 4.74 Å². The fourth-order valence-electron chi connectivity index (χ4n) is 1.14. The normalized spacial score (nSPS) is 17.5. The first-order chi connectivity index (χ1) is 5.33. The molecular formula is C9H22N2O. The topological polar surface area (TPSA) is 61.3 Å². The zero-order chi connectivity index (χ0) is 9.78. The third kappa shape index (κ3) is 6.58. The van der Waals surface area contributed by atoms with Crippen molar-refractivity contribution >= 4 is 0 Å². The maximum Gasteiger partial charge on any atom is 0.103 e. The number of nitrogens with two attached hydrogens (primary N) is 2. The Hall–Kier alpha value is -0.120. The van der Waals surface area contributed by atoms with Crippen molar-refractivity contribution < 1.29 is 4.74 Å². The van der Waals surface area contributed by atoms with E-state index in [4.69, 9.17) is 16.2 Å². The van der Waals surface area contributed by atoms with Crippen molar-refractivity contribution in [1.82, 2.24) is 0 Å². The largest absolute Gasteiger partial charge is 0.358 e. The lowest BCUT2D eigenvalue weighted by Crippen LogP contribution is -2.35. The molecule has 0 rings (SSSR count). The van der Waals surface area contributed by atoms with Gasteiger partial charge in [0.05, 0.1) is 5.60 Å². The smallest absolute Gasteiger partial charge is 0.103 e. The average Bonchev–Trinajstić information content (AvgIpc) is 1.81. The highest BCUT2D eigenvalue weighted by Crippen LogP contribution is 2.18. The van der Waals surface area contributed by atoms with Crippen LogP contribution >= 0.6 is 0 Å². The molecule has 0 aromatic carbocycles. The molecule has 12 heavy (non-hydrogen) atoms. The van der Waals surface area contributed by atoms with Crippen molar-refractivity contribution in [3.05, 3.63) is 0 Å². The summed E-state index contributed by atoms with van der Waals surface area (Å²) in [7, 11) is 0. The van der Waals surface area contributed by atoms with Gasteiger partial charge in [0.15, 0.2) is 0 Å². The molecule has 0 saturated carbocycles. The highest BCUT2D eigenvalue weighted by atomic mass is 16.5. The number of hydrogen-bond acceptors (Lipinski definition) is 3. The second-order valence-electron chi connectivity index (χ2n) is 4.10.